The van der Waals surface area contributed by atoms with Gasteiger partial charge in [0, 0.05) is 13.2 Å². The number of benzene rings is 1. The van der Waals surface area contributed by atoms with E-state index in [2.05, 4.69) is 13.8 Å². The third-order valence-corrected chi connectivity index (χ3v) is 1.36. The second kappa shape index (κ2) is 15.0. The van der Waals surface area contributed by atoms with Crippen LogP contribution in [0.5, 0.6) is 0 Å². The van der Waals surface area contributed by atoms with Gasteiger partial charge in [0.2, 0.25) is 0 Å². The maximum Gasteiger partial charge on any atom is 0.0463 e. The molecule has 0 saturated carbocycles. The molecule has 0 aliphatic rings. The highest BCUT2D eigenvalue weighted by molar-refractivity contribution is 7.59. The Morgan fingerprint density at radius 1 is 0.714 bits per heavy atom. The maximum absolute atomic E-state index is 5.13. The van der Waals surface area contributed by atoms with Gasteiger partial charge in [-0.25, -0.2) is 0 Å². The van der Waals surface area contributed by atoms with Crippen LogP contribution >= 0.6 is 13.5 Å². The summed E-state index contributed by atoms with van der Waals surface area (Å²) in [4.78, 5) is 0. The molecule has 0 aromatic heterocycles. The van der Waals surface area contributed by atoms with Crippen LogP contribution in [0.15, 0.2) is 36.4 Å². The summed E-state index contributed by atoms with van der Waals surface area (Å²) in [6, 6.07) is 12.0. The van der Waals surface area contributed by atoms with Crippen molar-refractivity contribution in [2.45, 2.75) is 26.7 Å². The van der Waals surface area contributed by atoms with Gasteiger partial charge in [0.1, 0.15) is 0 Å². The molecule has 0 heterocycles. The van der Waals surface area contributed by atoms with Gasteiger partial charge < -0.3 is 4.74 Å². The summed E-state index contributed by atoms with van der Waals surface area (Å²) in [5, 5.41) is 0. The highest BCUT2D eigenvalue weighted by Gasteiger charge is 1.77. The first kappa shape index (κ1) is 16.0. The molecule has 1 aromatic rings. The monoisotopic (exact) mass is 214 g/mol. The molecule has 0 atom stereocenters. The Morgan fingerprint density at radius 2 is 1.00 bits per heavy atom. The molecule has 0 fully saturated rings. The Morgan fingerprint density at radius 3 is 1.21 bits per heavy atom. The lowest BCUT2D eigenvalue weighted by molar-refractivity contribution is 0.135. The molecule has 0 spiro atoms. The van der Waals surface area contributed by atoms with E-state index in [4.69, 9.17) is 4.74 Å². The zero-order chi connectivity index (χ0) is 9.78. The Bertz CT molecular complexity index is 135. The summed E-state index contributed by atoms with van der Waals surface area (Å²) >= 11 is 0. The molecular weight excluding hydrogens is 192 g/mol. The lowest BCUT2D eigenvalue weighted by Gasteiger charge is -1.95. The first-order chi connectivity index (χ1) is 6.41. The minimum Gasteiger partial charge on any atom is -0.381 e. The fourth-order valence-corrected chi connectivity index (χ4v) is 0.776. The van der Waals surface area contributed by atoms with Gasteiger partial charge in [0.05, 0.1) is 0 Å². The predicted molar refractivity (Wildman–Crippen MR) is 68.2 cm³/mol. The molecule has 0 amide bonds. The SMILES string of the molecule is CCCOCCC.S.c1ccccc1. The van der Waals surface area contributed by atoms with Gasteiger partial charge in [-0.05, 0) is 12.8 Å². The molecule has 1 nitrogen and oxygen atoms in total. The van der Waals surface area contributed by atoms with Crippen LogP contribution in [-0.2, 0) is 4.74 Å². The minimum atomic E-state index is 0. The van der Waals surface area contributed by atoms with E-state index in [0.29, 0.717) is 0 Å². The van der Waals surface area contributed by atoms with Crippen LogP contribution in [0, 0.1) is 0 Å². The second-order valence-corrected chi connectivity index (χ2v) is 2.77. The van der Waals surface area contributed by atoms with Crippen molar-refractivity contribution in [1.82, 2.24) is 0 Å². The van der Waals surface area contributed by atoms with Crippen molar-refractivity contribution >= 4 is 13.5 Å². The number of hydrogen-bond donors (Lipinski definition) is 0. The molecule has 82 valence electrons. The van der Waals surface area contributed by atoms with E-state index in [1.165, 1.54) is 0 Å². The van der Waals surface area contributed by atoms with E-state index in [-0.39, 0.29) is 13.5 Å². The van der Waals surface area contributed by atoms with E-state index in [0.717, 1.165) is 26.1 Å². The van der Waals surface area contributed by atoms with Crippen LogP contribution in [0.3, 0.4) is 0 Å². The van der Waals surface area contributed by atoms with Gasteiger partial charge in [0.15, 0.2) is 0 Å². The van der Waals surface area contributed by atoms with Crippen molar-refractivity contribution < 1.29 is 4.74 Å². The van der Waals surface area contributed by atoms with Crippen molar-refractivity contribution in [3.63, 3.8) is 0 Å². The van der Waals surface area contributed by atoms with Crippen molar-refractivity contribution in [3.8, 4) is 0 Å². The second-order valence-electron chi connectivity index (χ2n) is 2.77. The van der Waals surface area contributed by atoms with Crippen molar-refractivity contribution in [3.05, 3.63) is 36.4 Å². The molecule has 0 N–H and O–H groups in total. The lowest BCUT2D eigenvalue weighted by Crippen LogP contribution is -1.92. The highest BCUT2D eigenvalue weighted by Crippen LogP contribution is 1.81. The number of ether oxygens (including phenoxy) is 1. The number of hydrogen-bond acceptors (Lipinski definition) is 1. The Balaban J connectivity index is 0. The van der Waals surface area contributed by atoms with Crippen LogP contribution in [0.25, 0.3) is 0 Å². The summed E-state index contributed by atoms with van der Waals surface area (Å²) in [6.45, 7) is 6.09. The quantitative estimate of drug-likeness (QED) is 0.696. The average Bonchev–Trinajstić information content (AvgIpc) is 2.22. The molecule has 0 unspecified atom stereocenters. The van der Waals surface area contributed by atoms with Crippen LogP contribution < -0.4 is 0 Å². The molecule has 0 aliphatic heterocycles. The fourth-order valence-electron chi connectivity index (χ4n) is 0.776. The first-order valence-corrected chi connectivity index (χ1v) is 4.99. The first-order valence-electron chi connectivity index (χ1n) is 4.99. The topological polar surface area (TPSA) is 9.23 Å². The van der Waals surface area contributed by atoms with Crippen molar-refractivity contribution in [2.75, 3.05) is 13.2 Å². The predicted octanol–water partition coefficient (Wildman–Crippen LogP) is 3.62. The summed E-state index contributed by atoms with van der Waals surface area (Å²) in [6.07, 6.45) is 2.28. The molecule has 14 heavy (non-hydrogen) atoms. The molecular formula is C12H22OS. The Kier molecular flexibility index (Phi) is 17.1. The van der Waals surface area contributed by atoms with Crippen molar-refractivity contribution in [2.24, 2.45) is 0 Å². The zero-order valence-corrected chi connectivity index (χ0v) is 10.2. The third kappa shape index (κ3) is 14.1. The Hall–Kier alpha value is -0.470. The van der Waals surface area contributed by atoms with E-state index in [1.54, 1.807) is 0 Å². The fraction of sp³-hybridized carbons (Fsp3) is 0.500. The summed E-state index contributed by atoms with van der Waals surface area (Å²) in [7, 11) is 0. The van der Waals surface area contributed by atoms with Crippen LogP contribution in [0.2, 0.25) is 0 Å². The van der Waals surface area contributed by atoms with Crippen LogP contribution in [0.1, 0.15) is 26.7 Å². The molecule has 0 saturated heterocycles. The van der Waals surface area contributed by atoms with Crippen molar-refractivity contribution in [1.29, 1.82) is 0 Å². The maximum atomic E-state index is 5.13. The van der Waals surface area contributed by atoms with Gasteiger partial charge in [-0.15, -0.1) is 0 Å². The third-order valence-electron chi connectivity index (χ3n) is 1.36. The largest absolute Gasteiger partial charge is 0.381 e. The summed E-state index contributed by atoms with van der Waals surface area (Å²) in [5.74, 6) is 0. The summed E-state index contributed by atoms with van der Waals surface area (Å²) < 4.78 is 5.13. The highest BCUT2D eigenvalue weighted by atomic mass is 32.1. The molecule has 0 bridgehead atoms. The van der Waals surface area contributed by atoms with Gasteiger partial charge in [0.25, 0.3) is 0 Å². The van der Waals surface area contributed by atoms with E-state index in [1.807, 2.05) is 36.4 Å². The summed E-state index contributed by atoms with van der Waals surface area (Å²) in [5.41, 5.74) is 0. The van der Waals surface area contributed by atoms with E-state index < -0.39 is 0 Å². The van der Waals surface area contributed by atoms with Gasteiger partial charge in [-0.2, -0.15) is 13.5 Å². The van der Waals surface area contributed by atoms with Gasteiger partial charge in [-0.3, -0.25) is 0 Å². The molecule has 1 aromatic carbocycles. The molecule has 0 radical (unpaired) electrons. The van der Waals surface area contributed by atoms with E-state index in [9.17, 15) is 0 Å². The van der Waals surface area contributed by atoms with Crippen LogP contribution in [-0.4, -0.2) is 13.2 Å². The standard InChI is InChI=1S/C6H14O.C6H6.H2S/c1-3-5-7-6-4-2;1-2-4-6-5-3-1;/h3-6H2,1-2H3;1-6H;1H2. The van der Waals surface area contributed by atoms with E-state index >= 15 is 0 Å². The molecule has 1 rings (SSSR count). The van der Waals surface area contributed by atoms with Gasteiger partial charge in [-0.1, -0.05) is 50.2 Å². The molecule has 0 aliphatic carbocycles. The number of rotatable bonds is 4. The molecule has 2 heteroatoms. The normalized spacial score (nSPS) is 8.14. The lowest BCUT2D eigenvalue weighted by atomic mass is 10.4. The zero-order valence-electron chi connectivity index (χ0n) is 9.20. The Labute approximate surface area is 94.9 Å². The average molecular weight is 214 g/mol. The minimum absolute atomic E-state index is 0. The van der Waals surface area contributed by atoms with Gasteiger partial charge >= 0.3 is 0 Å². The van der Waals surface area contributed by atoms with Crippen LogP contribution in [0.4, 0.5) is 0 Å². The smallest absolute Gasteiger partial charge is 0.0463 e.